The van der Waals surface area contributed by atoms with Crippen LogP contribution in [0.15, 0.2) is 24.3 Å². The van der Waals surface area contributed by atoms with E-state index in [0.717, 1.165) is 5.56 Å². The van der Waals surface area contributed by atoms with Gasteiger partial charge in [0, 0.05) is 11.1 Å². The predicted molar refractivity (Wildman–Crippen MR) is 69.1 cm³/mol. The summed E-state index contributed by atoms with van der Waals surface area (Å²) in [5.74, 6) is -0.228. The second-order valence-electron chi connectivity index (χ2n) is 3.91. The topological polar surface area (TPSA) is 38.3 Å². The van der Waals surface area contributed by atoms with Crippen molar-refractivity contribution < 1.29 is 9.53 Å². The summed E-state index contributed by atoms with van der Waals surface area (Å²) in [6.07, 6.45) is 0. The molecule has 0 aliphatic carbocycles. The highest BCUT2D eigenvalue weighted by Crippen LogP contribution is 2.16. The highest BCUT2D eigenvalue weighted by Gasteiger charge is 2.16. The average molecular weight is 256 g/mol. The minimum atomic E-state index is -0.319. The molecule has 0 bridgehead atoms. The number of hydrogen-bond acceptors (Lipinski definition) is 3. The third-order valence-corrected chi connectivity index (χ3v) is 2.76. The molecule has 1 rings (SSSR count). The summed E-state index contributed by atoms with van der Waals surface area (Å²) in [5, 5.41) is 3.89. The number of carbonyl (C=O) groups is 1. The number of halogens is 1. The molecule has 94 valence electrons. The number of rotatable bonds is 5. The van der Waals surface area contributed by atoms with Crippen molar-refractivity contribution in [1.82, 2.24) is 5.32 Å². The Morgan fingerprint density at radius 2 is 1.94 bits per heavy atom. The van der Waals surface area contributed by atoms with Gasteiger partial charge >= 0.3 is 5.97 Å². The summed E-state index contributed by atoms with van der Waals surface area (Å²) >= 11 is 5.82. The molecule has 4 heteroatoms. The average Bonchev–Trinajstić information content (AvgIpc) is 2.30. The van der Waals surface area contributed by atoms with E-state index in [-0.39, 0.29) is 18.1 Å². The van der Waals surface area contributed by atoms with Crippen molar-refractivity contribution >= 4 is 17.6 Å². The minimum absolute atomic E-state index is 0.0756. The van der Waals surface area contributed by atoms with E-state index in [1.54, 1.807) is 13.8 Å². The fourth-order valence-electron chi connectivity index (χ4n) is 1.56. The number of carbonyl (C=O) groups excluding carboxylic acids is 1. The first-order valence-electron chi connectivity index (χ1n) is 5.72. The number of hydrogen-bond donors (Lipinski definition) is 1. The minimum Gasteiger partial charge on any atom is -0.465 e. The number of benzene rings is 1. The molecule has 1 aromatic rings. The van der Waals surface area contributed by atoms with Crippen molar-refractivity contribution in [3.05, 3.63) is 34.9 Å². The maximum atomic E-state index is 11.5. The van der Waals surface area contributed by atoms with E-state index in [1.165, 1.54) is 0 Å². The van der Waals surface area contributed by atoms with Gasteiger partial charge in [0.15, 0.2) is 0 Å². The first-order valence-corrected chi connectivity index (χ1v) is 6.10. The Balaban J connectivity index is 2.56. The largest absolute Gasteiger partial charge is 0.465 e. The molecule has 0 saturated carbocycles. The summed E-state index contributed by atoms with van der Waals surface area (Å²) in [5.41, 5.74) is 1.09. The molecule has 17 heavy (non-hydrogen) atoms. The van der Waals surface area contributed by atoms with E-state index in [2.05, 4.69) is 5.32 Å². The molecule has 1 aromatic carbocycles. The quantitative estimate of drug-likeness (QED) is 0.822. The van der Waals surface area contributed by atoms with Crippen LogP contribution in [0.3, 0.4) is 0 Å². The van der Waals surface area contributed by atoms with Crippen molar-refractivity contribution in [2.75, 3.05) is 6.61 Å². The Morgan fingerprint density at radius 1 is 1.35 bits per heavy atom. The van der Waals surface area contributed by atoms with Crippen molar-refractivity contribution in [2.45, 2.75) is 32.9 Å². The van der Waals surface area contributed by atoms with Crippen molar-refractivity contribution in [3.63, 3.8) is 0 Å². The molecule has 0 radical (unpaired) electrons. The van der Waals surface area contributed by atoms with Gasteiger partial charge in [0.1, 0.15) is 6.04 Å². The number of esters is 1. The van der Waals surface area contributed by atoms with Crippen LogP contribution in [-0.4, -0.2) is 18.6 Å². The predicted octanol–water partition coefficient (Wildman–Crippen LogP) is 2.94. The van der Waals surface area contributed by atoms with Gasteiger partial charge in [-0.15, -0.1) is 0 Å². The molecule has 1 N–H and O–H groups in total. The molecule has 0 aliphatic heterocycles. The fourth-order valence-corrected chi connectivity index (χ4v) is 1.68. The van der Waals surface area contributed by atoms with Crippen LogP contribution in [0.25, 0.3) is 0 Å². The highest BCUT2D eigenvalue weighted by atomic mass is 35.5. The van der Waals surface area contributed by atoms with E-state index in [1.807, 2.05) is 31.2 Å². The van der Waals surface area contributed by atoms with Crippen LogP contribution in [0.2, 0.25) is 5.02 Å². The summed E-state index contributed by atoms with van der Waals surface area (Å²) in [6, 6.07) is 7.32. The van der Waals surface area contributed by atoms with Crippen LogP contribution in [0, 0.1) is 0 Å². The summed E-state index contributed by atoms with van der Waals surface area (Å²) in [6.45, 7) is 6.00. The maximum Gasteiger partial charge on any atom is 0.322 e. The molecule has 3 nitrogen and oxygen atoms in total. The molecular formula is C13H18ClNO2. The van der Waals surface area contributed by atoms with E-state index in [4.69, 9.17) is 16.3 Å². The van der Waals surface area contributed by atoms with Crippen molar-refractivity contribution in [1.29, 1.82) is 0 Å². The van der Waals surface area contributed by atoms with Gasteiger partial charge in [-0.1, -0.05) is 23.7 Å². The monoisotopic (exact) mass is 255 g/mol. The molecule has 0 fully saturated rings. The zero-order valence-corrected chi connectivity index (χ0v) is 11.1. The smallest absolute Gasteiger partial charge is 0.322 e. The molecule has 0 heterocycles. The summed E-state index contributed by atoms with van der Waals surface area (Å²) < 4.78 is 4.94. The van der Waals surface area contributed by atoms with E-state index >= 15 is 0 Å². The van der Waals surface area contributed by atoms with Crippen LogP contribution < -0.4 is 5.32 Å². The van der Waals surface area contributed by atoms with E-state index in [0.29, 0.717) is 11.6 Å². The van der Waals surface area contributed by atoms with Gasteiger partial charge in [-0.05, 0) is 38.5 Å². The normalized spacial score (nSPS) is 14.1. The van der Waals surface area contributed by atoms with Crippen LogP contribution in [0.4, 0.5) is 0 Å². The van der Waals surface area contributed by atoms with Crippen LogP contribution in [-0.2, 0) is 9.53 Å². The number of nitrogens with one attached hydrogen (secondary N) is 1. The molecule has 0 aromatic heterocycles. The SMILES string of the molecule is CCOC(=O)C(C)NC(C)c1ccc(Cl)cc1. The first-order chi connectivity index (χ1) is 8.04. The zero-order chi connectivity index (χ0) is 12.8. The summed E-state index contributed by atoms with van der Waals surface area (Å²) in [4.78, 5) is 11.5. The van der Waals surface area contributed by atoms with Crippen molar-refractivity contribution in [3.8, 4) is 0 Å². The lowest BCUT2D eigenvalue weighted by atomic mass is 10.1. The van der Waals surface area contributed by atoms with Gasteiger partial charge in [0.05, 0.1) is 6.61 Å². The lowest BCUT2D eigenvalue weighted by Gasteiger charge is -2.19. The van der Waals surface area contributed by atoms with Gasteiger partial charge in [0.2, 0.25) is 0 Å². The first kappa shape index (κ1) is 14.0. The van der Waals surface area contributed by atoms with E-state index in [9.17, 15) is 4.79 Å². The Bertz CT molecular complexity index is 364. The third-order valence-electron chi connectivity index (χ3n) is 2.51. The standard InChI is InChI=1S/C13H18ClNO2/c1-4-17-13(16)10(3)15-9(2)11-5-7-12(14)8-6-11/h5-10,15H,4H2,1-3H3. The van der Waals surface area contributed by atoms with Crippen LogP contribution >= 0.6 is 11.6 Å². The fraction of sp³-hybridized carbons (Fsp3) is 0.462. The van der Waals surface area contributed by atoms with Gasteiger partial charge in [0.25, 0.3) is 0 Å². The van der Waals surface area contributed by atoms with Gasteiger partial charge in [-0.25, -0.2) is 0 Å². The number of ether oxygens (including phenoxy) is 1. The molecule has 0 saturated heterocycles. The molecule has 2 unspecified atom stereocenters. The Hall–Kier alpha value is -1.06. The van der Waals surface area contributed by atoms with Gasteiger partial charge in [-0.3, -0.25) is 10.1 Å². The summed E-state index contributed by atoms with van der Waals surface area (Å²) in [7, 11) is 0. The lowest BCUT2D eigenvalue weighted by Crippen LogP contribution is -2.37. The van der Waals surface area contributed by atoms with E-state index < -0.39 is 0 Å². The van der Waals surface area contributed by atoms with Gasteiger partial charge in [-0.2, -0.15) is 0 Å². The second kappa shape index (κ2) is 6.62. The van der Waals surface area contributed by atoms with Crippen LogP contribution in [0.1, 0.15) is 32.4 Å². The molecule has 0 spiro atoms. The molecular weight excluding hydrogens is 238 g/mol. The molecule has 0 amide bonds. The lowest BCUT2D eigenvalue weighted by molar-refractivity contribution is -0.145. The van der Waals surface area contributed by atoms with Gasteiger partial charge < -0.3 is 4.74 Å². The maximum absolute atomic E-state index is 11.5. The Morgan fingerprint density at radius 3 is 2.47 bits per heavy atom. The van der Waals surface area contributed by atoms with Crippen molar-refractivity contribution in [2.24, 2.45) is 0 Å². The Kier molecular flexibility index (Phi) is 5.45. The van der Waals surface area contributed by atoms with Crippen LogP contribution in [0.5, 0.6) is 0 Å². The molecule has 2 atom stereocenters. The molecule has 0 aliphatic rings. The Labute approximate surface area is 107 Å². The zero-order valence-electron chi connectivity index (χ0n) is 10.4. The third kappa shape index (κ3) is 4.36. The highest BCUT2D eigenvalue weighted by molar-refractivity contribution is 6.30. The second-order valence-corrected chi connectivity index (χ2v) is 4.35.